The van der Waals surface area contributed by atoms with Crippen LogP contribution < -0.4 is 10.2 Å². The minimum atomic E-state index is -0.0288. The van der Waals surface area contributed by atoms with Crippen LogP contribution in [0.4, 0.5) is 11.4 Å². The molecule has 1 atom stereocenters. The van der Waals surface area contributed by atoms with Crippen LogP contribution in [-0.2, 0) is 9.59 Å². The summed E-state index contributed by atoms with van der Waals surface area (Å²) in [7, 11) is 0. The molecule has 3 heterocycles. The third-order valence-electron chi connectivity index (χ3n) is 7.93. The number of hydrogen-bond donors (Lipinski definition) is 1. The molecule has 34 heavy (non-hydrogen) atoms. The first kappa shape index (κ1) is 22.8. The average Bonchev–Trinajstić information content (AvgIpc) is 3.58. The largest absolute Gasteiger partial charge is 0.369 e. The number of benzene rings is 1. The van der Waals surface area contributed by atoms with Gasteiger partial charge in [-0.15, -0.1) is 0 Å². The molecule has 3 aliphatic rings. The lowest BCUT2D eigenvalue weighted by molar-refractivity contribution is -0.133. The topological polar surface area (TPSA) is 78.4 Å². The molecule has 180 valence electrons. The summed E-state index contributed by atoms with van der Waals surface area (Å²) in [5, 5.41) is 10.9. The van der Waals surface area contributed by atoms with Gasteiger partial charge in [-0.05, 0) is 67.7 Å². The van der Waals surface area contributed by atoms with E-state index in [4.69, 9.17) is 0 Å². The summed E-state index contributed by atoms with van der Waals surface area (Å²) in [6.07, 6.45) is 12.1. The maximum Gasteiger partial charge on any atom is 0.229 e. The van der Waals surface area contributed by atoms with Crippen LogP contribution in [0.1, 0.15) is 62.8 Å². The summed E-state index contributed by atoms with van der Waals surface area (Å²) in [5.74, 6) is 1.50. The van der Waals surface area contributed by atoms with Crippen LogP contribution in [0.25, 0.3) is 0 Å². The second kappa shape index (κ2) is 10.5. The van der Waals surface area contributed by atoms with E-state index < -0.39 is 0 Å². The van der Waals surface area contributed by atoms with Crippen molar-refractivity contribution in [1.29, 1.82) is 0 Å². The number of piperidine rings is 1. The van der Waals surface area contributed by atoms with E-state index in [-0.39, 0.29) is 11.8 Å². The lowest BCUT2D eigenvalue weighted by Gasteiger charge is -2.33. The summed E-state index contributed by atoms with van der Waals surface area (Å²) in [6, 6.07) is 10.2. The second-order valence-electron chi connectivity index (χ2n) is 10.2. The smallest absolute Gasteiger partial charge is 0.229 e. The zero-order valence-corrected chi connectivity index (χ0v) is 19.9. The van der Waals surface area contributed by atoms with Crippen LogP contribution in [0.3, 0.4) is 0 Å². The zero-order chi connectivity index (χ0) is 23.3. The van der Waals surface area contributed by atoms with Gasteiger partial charge in [-0.25, -0.2) is 0 Å². The third-order valence-corrected chi connectivity index (χ3v) is 7.93. The monoisotopic (exact) mass is 461 g/mol. The Kier molecular flexibility index (Phi) is 7.07. The number of anilines is 2. The van der Waals surface area contributed by atoms with Crippen molar-refractivity contribution in [2.24, 2.45) is 11.8 Å². The van der Waals surface area contributed by atoms with Crippen LogP contribution in [0, 0.1) is 11.8 Å². The van der Waals surface area contributed by atoms with Gasteiger partial charge in [0.1, 0.15) is 0 Å². The molecule has 1 saturated carbocycles. The fraction of sp³-hybridized carbons (Fsp3) is 0.556. The lowest BCUT2D eigenvalue weighted by Crippen LogP contribution is -2.38. The summed E-state index contributed by atoms with van der Waals surface area (Å²) in [4.78, 5) is 29.7. The SMILES string of the molecule is O=C(Nc1ccc(C2CCN(C(=O)CC3CCCC3)CC2)cc1)[C@H]1CCN(c2ccnnc2)C1. The number of nitrogens with zero attached hydrogens (tertiary/aromatic N) is 4. The zero-order valence-electron chi connectivity index (χ0n) is 19.9. The van der Waals surface area contributed by atoms with Crippen molar-refractivity contribution in [2.45, 2.75) is 57.3 Å². The van der Waals surface area contributed by atoms with Gasteiger partial charge >= 0.3 is 0 Å². The fourth-order valence-electron chi connectivity index (χ4n) is 5.82. The summed E-state index contributed by atoms with van der Waals surface area (Å²) in [5.41, 5.74) is 3.17. The first-order valence-corrected chi connectivity index (χ1v) is 12.9. The molecule has 1 N–H and O–H groups in total. The van der Waals surface area contributed by atoms with Gasteiger partial charge in [0, 0.05) is 38.3 Å². The van der Waals surface area contributed by atoms with Gasteiger partial charge in [-0.1, -0.05) is 25.0 Å². The number of aromatic nitrogens is 2. The minimum absolute atomic E-state index is 0.0288. The number of nitrogens with one attached hydrogen (secondary N) is 1. The molecule has 0 unspecified atom stereocenters. The van der Waals surface area contributed by atoms with Crippen LogP contribution in [-0.4, -0.2) is 53.1 Å². The third kappa shape index (κ3) is 5.40. The van der Waals surface area contributed by atoms with Crippen molar-refractivity contribution in [3.05, 3.63) is 48.3 Å². The van der Waals surface area contributed by atoms with Crippen molar-refractivity contribution in [1.82, 2.24) is 15.1 Å². The van der Waals surface area contributed by atoms with E-state index in [1.54, 1.807) is 12.4 Å². The van der Waals surface area contributed by atoms with Gasteiger partial charge in [-0.2, -0.15) is 10.2 Å². The molecule has 1 aromatic carbocycles. The Hall–Kier alpha value is -2.96. The quantitative estimate of drug-likeness (QED) is 0.697. The standard InChI is InChI=1S/C27H35N5O2/c33-26(17-20-3-1-2-4-20)31-14-10-22(11-15-31)21-5-7-24(8-6-21)30-27(34)23-12-16-32(19-23)25-9-13-28-29-18-25/h5-9,13,18,20,22-23H,1-4,10-12,14-17,19H2,(H,30,34)/t23-/m0/s1. The van der Waals surface area contributed by atoms with Crippen molar-refractivity contribution >= 4 is 23.2 Å². The van der Waals surface area contributed by atoms with E-state index in [0.29, 0.717) is 24.3 Å². The molecule has 2 saturated heterocycles. The van der Waals surface area contributed by atoms with Crippen molar-refractivity contribution in [2.75, 3.05) is 36.4 Å². The number of carbonyl (C=O) groups is 2. The maximum atomic E-state index is 12.8. The Morgan fingerprint density at radius 1 is 0.912 bits per heavy atom. The van der Waals surface area contributed by atoms with Crippen LogP contribution >= 0.6 is 0 Å². The summed E-state index contributed by atoms with van der Waals surface area (Å²) < 4.78 is 0. The van der Waals surface area contributed by atoms with Crippen LogP contribution in [0.15, 0.2) is 42.7 Å². The average molecular weight is 462 g/mol. The number of likely N-dealkylation sites (tertiary alicyclic amines) is 1. The number of amides is 2. The van der Waals surface area contributed by atoms with Crippen LogP contribution in [0.5, 0.6) is 0 Å². The van der Waals surface area contributed by atoms with Gasteiger partial charge in [0.25, 0.3) is 0 Å². The van der Waals surface area contributed by atoms with Crippen LogP contribution in [0.2, 0.25) is 0 Å². The molecule has 1 aromatic heterocycles. The van der Waals surface area contributed by atoms with Gasteiger partial charge in [0.15, 0.2) is 0 Å². The van der Waals surface area contributed by atoms with E-state index in [1.165, 1.54) is 31.2 Å². The molecule has 0 bridgehead atoms. The van der Waals surface area contributed by atoms with E-state index in [1.807, 2.05) is 18.2 Å². The molecule has 3 fully saturated rings. The van der Waals surface area contributed by atoms with Crippen molar-refractivity contribution in [3.63, 3.8) is 0 Å². The summed E-state index contributed by atoms with van der Waals surface area (Å²) >= 11 is 0. The number of hydrogen-bond acceptors (Lipinski definition) is 5. The second-order valence-corrected chi connectivity index (χ2v) is 10.2. The highest BCUT2D eigenvalue weighted by Gasteiger charge is 2.29. The number of rotatable bonds is 6. The summed E-state index contributed by atoms with van der Waals surface area (Å²) in [6.45, 7) is 3.28. The molecule has 2 amide bonds. The molecule has 7 nitrogen and oxygen atoms in total. The Bertz CT molecular complexity index is 966. The van der Waals surface area contributed by atoms with Gasteiger partial charge in [0.05, 0.1) is 24.0 Å². The molecular formula is C27H35N5O2. The predicted octanol–water partition coefficient (Wildman–Crippen LogP) is 4.23. The minimum Gasteiger partial charge on any atom is -0.369 e. The molecule has 2 aliphatic heterocycles. The van der Waals surface area contributed by atoms with Gasteiger partial charge < -0.3 is 15.1 Å². The van der Waals surface area contributed by atoms with E-state index in [2.05, 4.69) is 37.4 Å². The fourth-order valence-corrected chi connectivity index (χ4v) is 5.82. The van der Waals surface area contributed by atoms with Gasteiger partial charge in [-0.3, -0.25) is 9.59 Å². The maximum absolute atomic E-state index is 12.8. The molecule has 1 aliphatic carbocycles. The molecule has 0 spiro atoms. The Morgan fingerprint density at radius 2 is 1.68 bits per heavy atom. The Balaban J connectivity index is 1.08. The van der Waals surface area contributed by atoms with E-state index >= 15 is 0 Å². The van der Waals surface area contributed by atoms with Crippen molar-refractivity contribution in [3.8, 4) is 0 Å². The Morgan fingerprint density at radius 3 is 2.38 bits per heavy atom. The highest BCUT2D eigenvalue weighted by atomic mass is 16.2. The molecular weight excluding hydrogens is 426 g/mol. The molecule has 5 rings (SSSR count). The first-order chi connectivity index (χ1) is 16.7. The van der Waals surface area contributed by atoms with E-state index in [9.17, 15) is 9.59 Å². The first-order valence-electron chi connectivity index (χ1n) is 12.9. The van der Waals surface area contributed by atoms with Crippen molar-refractivity contribution < 1.29 is 9.59 Å². The predicted molar refractivity (Wildman–Crippen MR) is 133 cm³/mol. The molecule has 0 radical (unpaired) electrons. The lowest BCUT2D eigenvalue weighted by atomic mass is 9.89. The Labute approximate surface area is 201 Å². The highest BCUT2D eigenvalue weighted by Crippen LogP contribution is 2.32. The molecule has 2 aromatic rings. The van der Waals surface area contributed by atoms with E-state index in [0.717, 1.165) is 56.7 Å². The van der Waals surface area contributed by atoms with Gasteiger partial charge in [0.2, 0.25) is 11.8 Å². The number of carbonyl (C=O) groups excluding carboxylic acids is 2. The normalized spacial score (nSPS) is 21.7. The highest BCUT2D eigenvalue weighted by molar-refractivity contribution is 5.93. The molecule has 7 heteroatoms.